The Balaban J connectivity index is 2.08. The fourth-order valence-corrected chi connectivity index (χ4v) is 1.80. The molecular weight excluding hydrogens is 272 g/mol. The second kappa shape index (κ2) is 5.53. The van der Waals surface area contributed by atoms with E-state index in [2.05, 4.69) is 10.1 Å². The molecule has 0 aliphatic carbocycles. The average Bonchev–Trinajstić information content (AvgIpc) is 2.95. The Labute approximate surface area is 113 Å². The summed E-state index contributed by atoms with van der Waals surface area (Å²) < 4.78 is 11.1. The Morgan fingerprint density at radius 3 is 2.75 bits per heavy atom. The molecule has 1 saturated heterocycles. The van der Waals surface area contributed by atoms with Gasteiger partial charge >= 0.3 is 5.97 Å². The number of nitrogens with zero attached hydrogens (tertiary/aromatic N) is 3. The molecule has 1 amide bonds. The molecule has 0 radical (unpaired) electrons. The molecule has 0 bridgehead atoms. The summed E-state index contributed by atoms with van der Waals surface area (Å²) in [6.45, 7) is 1.01. The third kappa shape index (κ3) is 2.76. The molecule has 1 aromatic heterocycles. The molecule has 20 heavy (non-hydrogen) atoms. The number of aliphatic hydroxyl groups is 2. The molecule has 1 aromatic rings. The molecule has 2 rings (SSSR count). The zero-order chi connectivity index (χ0) is 14.9. The van der Waals surface area contributed by atoms with Gasteiger partial charge in [0.15, 0.2) is 6.23 Å². The molecule has 4 N–H and O–H groups in total. The number of hydrogen-bond acceptors (Lipinski definition) is 8. The average molecular weight is 286 g/mol. The summed E-state index contributed by atoms with van der Waals surface area (Å²) in [5.74, 6) is -1.59. The van der Waals surface area contributed by atoms with Gasteiger partial charge in [-0.05, 0) is 0 Å². The largest absolute Gasteiger partial charge is 0.463 e. The van der Waals surface area contributed by atoms with Crippen molar-refractivity contribution in [3.8, 4) is 0 Å². The number of amides is 1. The number of primary amides is 1. The Hall–Kier alpha value is -2.04. The van der Waals surface area contributed by atoms with Crippen LogP contribution in [0.25, 0.3) is 0 Å². The fourth-order valence-electron chi connectivity index (χ4n) is 1.80. The number of ether oxygens (including phenoxy) is 2. The molecule has 0 spiro atoms. The van der Waals surface area contributed by atoms with Gasteiger partial charge in [-0.15, -0.1) is 5.10 Å². The van der Waals surface area contributed by atoms with E-state index in [1.807, 2.05) is 0 Å². The number of esters is 1. The van der Waals surface area contributed by atoms with E-state index >= 15 is 0 Å². The lowest BCUT2D eigenvalue weighted by Gasteiger charge is -2.13. The second-order valence-electron chi connectivity index (χ2n) is 4.26. The van der Waals surface area contributed by atoms with Crippen molar-refractivity contribution in [2.75, 3.05) is 6.61 Å². The quantitative estimate of drug-likeness (QED) is 0.516. The first-order chi connectivity index (χ1) is 9.40. The van der Waals surface area contributed by atoms with Crippen LogP contribution in [0.3, 0.4) is 0 Å². The maximum Gasteiger partial charge on any atom is 0.302 e. The second-order valence-corrected chi connectivity index (χ2v) is 4.26. The molecule has 110 valence electrons. The molecule has 0 saturated carbocycles. The third-order valence-corrected chi connectivity index (χ3v) is 2.78. The lowest BCUT2D eigenvalue weighted by molar-refractivity contribution is -0.147. The number of carbonyl (C=O) groups excluding carboxylic acids is 2. The molecule has 1 unspecified atom stereocenters. The lowest BCUT2D eigenvalue weighted by Crippen LogP contribution is -2.34. The van der Waals surface area contributed by atoms with Crippen LogP contribution < -0.4 is 5.73 Å². The third-order valence-electron chi connectivity index (χ3n) is 2.78. The van der Waals surface area contributed by atoms with Gasteiger partial charge in [-0.3, -0.25) is 9.59 Å². The van der Waals surface area contributed by atoms with Gasteiger partial charge in [0, 0.05) is 6.92 Å². The molecule has 1 aliphatic heterocycles. The number of aromatic nitrogens is 3. The molecule has 0 aromatic carbocycles. The number of carbonyl (C=O) groups is 2. The van der Waals surface area contributed by atoms with Crippen molar-refractivity contribution < 1.29 is 29.3 Å². The van der Waals surface area contributed by atoms with Crippen LogP contribution in [0.1, 0.15) is 23.8 Å². The van der Waals surface area contributed by atoms with Crippen molar-refractivity contribution in [1.82, 2.24) is 14.8 Å². The minimum Gasteiger partial charge on any atom is -0.463 e. The summed E-state index contributed by atoms with van der Waals surface area (Å²) in [6.07, 6.45) is -3.38. The summed E-state index contributed by atoms with van der Waals surface area (Å²) in [6, 6.07) is 0. The van der Waals surface area contributed by atoms with Gasteiger partial charge in [-0.2, -0.15) is 0 Å². The maximum atomic E-state index is 10.9. The predicted octanol–water partition coefficient (Wildman–Crippen LogP) is -2.44. The van der Waals surface area contributed by atoms with Crippen LogP contribution in [0.2, 0.25) is 0 Å². The van der Waals surface area contributed by atoms with Crippen molar-refractivity contribution in [3.63, 3.8) is 0 Å². The Morgan fingerprint density at radius 2 is 2.20 bits per heavy atom. The SMILES string of the molecule is CC(=O)OC[C@H]1O[C@@H](n2cnc(C(N)=O)n2)C(O)[C@H]1O. The van der Waals surface area contributed by atoms with Gasteiger partial charge in [-0.25, -0.2) is 9.67 Å². The van der Waals surface area contributed by atoms with Gasteiger partial charge in [0.25, 0.3) is 5.91 Å². The zero-order valence-corrected chi connectivity index (χ0v) is 10.5. The van der Waals surface area contributed by atoms with Gasteiger partial charge in [-0.1, -0.05) is 0 Å². The van der Waals surface area contributed by atoms with Crippen LogP contribution in [0, 0.1) is 0 Å². The van der Waals surface area contributed by atoms with E-state index in [-0.39, 0.29) is 12.4 Å². The molecule has 10 heteroatoms. The Kier molecular flexibility index (Phi) is 3.97. The summed E-state index contributed by atoms with van der Waals surface area (Å²) >= 11 is 0. The first kappa shape index (κ1) is 14.4. The highest BCUT2D eigenvalue weighted by molar-refractivity contribution is 5.88. The number of rotatable bonds is 4. The van der Waals surface area contributed by atoms with E-state index in [0.29, 0.717) is 0 Å². The van der Waals surface area contributed by atoms with Gasteiger partial charge in [0.05, 0.1) is 0 Å². The summed E-state index contributed by atoms with van der Waals surface area (Å²) in [5.41, 5.74) is 5.01. The Morgan fingerprint density at radius 1 is 1.50 bits per heavy atom. The van der Waals surface area contributed by atoms with Gasteiger partial charge in [0.1, 0.15) is 31.2 Å². The van der Waals surface area contributed by atoms with E-state index < -0.39 is 36.4 Å². The topological polar surface area (TPSA) is 150 Å². The van der Waals surface area contributed by atoms with Crippen molar-refractivity contribution in [2.45, 2.75) is 31.5 Å². The van der Waals surface area contributed by atoms with Crippen LogP contribution in [0.5, 0.6) is 0 Å². The highest BCUT2D eigenvalue weighted by Crippen LogP contribution is 2.28. The molecule has 4 atom stereocenters. The van der Waals surface area contributed by atoms with Gasteiger partial charge in [0.2, 0.25) is 5.82 Å². The van der Waals surface area contributed by atoms with Crippen LogP contribution in [-0.2, 0) is 14.3 Å². The maximum absolute atomic E-state index is 10.9. The van der Waals surface area contributed by atoms with E-state index in [9.17, 15) is 19.8 Å². The van der Waals surface area contributed by atoms with Crippen molar-refractivity contribution in [1.29, 1.82) is 0 Å². The molecule has 1 aliphatic rings. The first-order valence-corrected chi connectivity index (χ1v) is 5.76. The van der Waals surface area contributed by atoms with Crippen molar-refractivity contribution >= 4 is 11.9 Å². The van der Waals surface area contributed by atoms with Gasteiger partial charge < -0.3 is 25.4 Å². The first-order valence-electron chi connectivity index (χ1n) is 5.76. The Bertz CT molecular complexity index is 518. The van der Waals surface area contributed by atoms with E-state index in [4.69, 9.17) is 15.2 Å². The predicted molar refractivity (Wildman–Crippen MR) is 61.1 cm³/mol. The molecular formula is C10H14N4O6. The van der Waals surface area contributed by atoms with Crippen LogP contribution in [0.15, 0.2) is 6.33 Å². The molecule has 2 heterocycles. The van der Waals surface area contributed by atoms with E-state index in [1.165, 1.54) is 6.92 Å². The van der Waals surface area contributed by atoms with Crippen LogP contribution in [-0.4, -0.2) is 61.8 Å². The number of nitrogens with two attached hydrogens (primary N) is 1. The molecule has 1 fully saturated rings. The highest BCUT2D eigenvalue weighted by atomic mass is 16.6. The minimum absolute atomic E-state index is 0.207. The van der Waals surface area contributed by atoms with E-state index in [0.717, 1.165) is 11.0 Å². The van der Waals surface area contributed by atoms with Crippen molar-refractivity contribution in [3.05, 3.63) is 12.2 Å². The van der Waals surface area contributed by atoms with E-state index in [1.54, 1.807) is 0 Å². The standard InChI is InChI=1S/C10H14N4O6/c1-4(15)19-2-5-6(16)7(17)10(20-5)14-3-12-9(13-14)8(11)18/h3,5-7,10,16-17H,2H2,1H3,(H2,11,18)/t5-,6+,7?,10-/m1/s1. The van der Waals surface area contributed by atoms with Crippen LogP contribution in [0.4, 0.5) is 0 Å². The minimum atomic E-state index is -1.31. The summed E-state index contributed by atoms with van der Waals surface area (Å²) in [7, 11) is 0. The fraction of sp³-hybridized carbons (Fsp3) is 0.600. The lowest BCUT2D eigenvalue weighted by atomic mass is 10.1. The number of aliphatic hydroxyl groups excluding tert-OH is 2. The number of hydrogen-bond donors (Lipinski definition) is 3. The van der Waals surface area contributed by atoms with Crippen LogP contribution >= 0.6 is 0 Å². The zero-order valence-electron chi connectivity index (χ0n) is 10.5. The summed E-state index contributed by atoms with van der Waals surface area (Å²) in [4.78, 5) is 25.2. The monoisotopic (exact) mass is 286 g/mol. The normalized spacial score (nSPS) is 29.4. The molecule has 10 nitrogen and oxygen atoms in total. The smallest absolute Gasteiger partial charge is 0.302 e. The summed E-state index contributed by atoms with van der Waals surface area (Å²) in [5, 5.41) is 23.4. The highest BCUT2D eigenvalue weighted by Gasteiger charge is 2.44. The van der Waals surface area contributed by atoms with Crippen molar-refractivity contribution in [2.24, 2.45) is 5.73 Å².